The predicted octanol–water partition coefficient (Wildman–Crippen LogP) is 3.15. The fraction of sp³-hybridized carbons (Fsp3) is 0.500. The number of rotatable bonds is 7. The van der Waals surface area contributed by atoms with Gasteiger partial charge in [0.15, 0.2) is 0 Å². The lowest BCUT2D eigenvalue weighted by Gasteiger charge is -2.18. The van der Waals surface area contributed by atoms with Gasteiger partial charge in [0, 0.05) is 30.1 Å². The van der Waals surface area contributed by atoms with Gasteiger partial charge in [0.25, 0.3) is 0 Å². The summed E-state index contributed by atoms with van der Waals surface area (Å²) in [5, 5.41) is 0. The Bertz CT molecular complexity index is 422. The van der Waals surface area contributed by atoms with Crippen LogP contribution in [0.15, 0.2) is 23.1 Å². The zero-order chi connectivity index (χ0) is 14.3. The molecule has 0 heterocycles. The van der Waals surface area contributed by atoms with Crippen LogP contribution in [0.25, 0.3) is 0 Å². The van der Waals surface area contributed by atoms with Crippen molar-refractivity contribution in [1.29, 1.82) is 0 Å². The van der Waals surface area contributed by atoms with Crippen molar-refractivity contribution >= 4 is 23.4 Å². The number of thioether (sulfide) groups is 1. The van der Waals surface area contributed by atoms with Crippen LogP contribution < -0.4 is 5.73 Å². The quantitative estimate of drug-likeness (QED) is 0.475. The van der Waals surface area contributed by atoms with Gasteiger partial charge in [-0.1, -0.05) is 0 Å². The van der Waals surface area contributed by atoms with Gasteiger partial charge < -0.3 is 10.6 Å². The monoisotopic (exact) mass is 284 g/mol. The molecular formula is C14H21FN2OS. The minimum Gasteiger partial charge on any atom is -0.398 e. The van der Waals surface area contributed by atoms with Crippen LogP contribution in [0.3, 0.4) is 0 Å². The number of benzene rings is 1. The second kappa shape index (κ2) is 8.04. The van der Waals surface area contributed by atoms with Crippen molar-refractivity contribution in [3.05, 3.63) is 24.0 Å². The fourth-order valence-electron chi connectivity index (χ4n) is 1.77. The molecule has 5 heteroatoms. The lowest BCUT2D eigenvalue weighted by atomic mass is 10.3. The molecule has 0 aromatic heterocycles. The van der Waals surface area contributed by atoms with E-state index >= 15 is 0 Å². The third-order valence-electron chi connectivity index (χ3n) is 2.88. The van der Waals surface area contributed by atoms with Crippen molar-refractivity contribution in [2.75, 3.05) is 24.6 Å². The molecule has 106 valence electrons. The second-order valence-electron chi connectivity index (χ2n) is 4.20. The normalized spacial score (nSPS) is 10.5. The summed E-state index contributed by atoms with van der Waals surface area (Å²) in [7, 11) is 0. The summed E-state index contributed by atoms with van der Waals surface area (Å²) in [6.45, 7) is 5.45. The first-order chi connectivity index (χ1) is 9.08. The van der Waals surface area contributed by atoms with Crippen LogP contribution in [0.1, 0.15) is 26.7 Å². The van der Waals surface area contributed by atoms with Crippen LogP contribution in [-0.2, 0) is 4.79 Å². The molecule has 3 nitrogen and oxygen atoms in total. The molecule has 0 fully saturated rings. The van der Waals surface area contributed by atoms with Gasteiger partial charge in [-0.2, -0.15) is 0 Å². The van der Waals surface area contributed by atoms with E-state index in [9.17, 15) is 9.18 Å². The molecule has 0 saturated carbocycles. The van der Waals surface area contributed by atoms with Gasteiger partial charge in [0.1, 0.15) is 5.82 Å². The van der Waals surface area contributed by atoms with Crippen LogP contribution in [0, 0.1) is 5.82 Å². The summed E-state index contributed by atoms with van der Waals surface area (Å²) in [4.78, 5) is 14.3. The van der Waals surface area contributed by atoms with Gasteiger partial charge in [0.2, 0.25) is 5.91 Å². The minimum atomic E-state index is -0.282. The van der Waals surface area contributed by atoms with E-state index < -0.39 is 0 Å². The Balaban J connectivity index is 2.35. The first kappa shape index (κ1) is 15.8. The summed E-state index contributed by atoms with van der Waals surface area (Å²) >= 11 is 1.49. The SMILES string of the molecule is CCN(CC)C(=O)CCCSc1cc(F)ccc1N. The molecule has 0 atom stereocenters. The number of halogens is 1. The van der Waals surface area contributed by atoms with Crippen molar-refractivity contribution in [2.24, 2.45) is 0 Å². The molecular weight excluding hydrogens is 263 g/mol. The maximum atomic E-state index is 13.1. The Hall–Kier alpha value is -1.23. The van der Waals surface area contributed by atoms with Crippen LogP contribution in [0.4, 0.5) is 10.1 Å². The number of nitrogens with zero attached hydrogens (tertiary/aromatic N) is 1. The lowest BCUT2D eigenvalue weighted by molar-refractivity contribution is -0.130. The highest BCUT2D eigenvalue weighted by Crippen LogP contribution is 2.26. The Labute approximate surface area is 118 Å². The van der Waals surface area contributed by atoms with Gasteiger partial charge >= 0.3 is 0 Å². The molecule has 0 radical (unpaired) electrons. The molecule has 0 unspecified atom stereocenters. The Kier molecular flexibility index (Phi) is 6.70. The molecule has 0 aliphatic heterocycles. The standard InChI is InChI=1S/C14H21FN2OS/c1-3-17(4-2)14(18)6-5-9-19-13-10-11(15)7-8-12(13)16/h7-8,10H,3-6,9,16H2,1-2H3. The van der Waals surface area contributed by atoms with Crippen LogP contribution >= 0.6 is 11.8 Å². The smallest absolute Gasteiger partial charge is 0.222 e. The van der Waals surface area contributed by atoms with E-state index in [-0.39, 0.29) is 11.7 Å². The van der Waals surface area contributed by atoms with E-state index in [1.807, 2.05) is 18.7 Å². The van der Waals surface area contributed by atoms with Gasteiger partial charge in [0.05, 0.1) is 0 Å². The highest BCUT2D eigenvalue weighted by molar-refractivity contribution is 7.99. The van der Waals surface area contributed by atoms with E-state index in [2.05, 4.69) is 0 Å². The van der Waals surface area contributed by atoms with E-state index in [1.54, 1.807) is 6.07 Å². The fourth-order valence-corrected chi connectivity index (χ4v) is 2.71. The topological polar surface area (TPSA) is 46.3 Å². The number of nitrogen functional groups attached to an aromatic ring is 1. The molecule has 1 rings (SSSR count). The maximum absolute atomic E-state index is 13.1. The highest BCUT2D eigenvalue weighted by Gasteiger charge is 2.09. The summed E-state index contributed by atoms with van der Waals surface area (Å²) in [5.41, 5.74) is 6.34. The molecule has 1 amide bonds. The van der Waals surface area contributed by atoms with Crippen LogP contribution in [0.2, 0.25) is 0 Å². The second-order valence-corrected chi connectivity index (χ2v) is 5.34. The maximum Gasteiger partial charge on any atom is 0.222 e. The molecule has 0 saturated heterocycles. The van der Waals surface area contributed by atoms with Crippen molar-refractivity contribution in [3.8, 4) is 0 Å². The predicted molar refractivity (Wildman–Crippen MR) is 78.7 cm³/mol. The molecule has 2 N–H and O–H groups in total. The van der Waals surface area contributed by atoms with Gasteiger partial charge in [-0.15, -0.1) is 11.8 Å². The largest absolute Gasteiger partial charge is 0.398 e. The molecule has 0 aliphatic rings. The van der Waals surface area contributed by atoms with Crippen molar-refractivity contribution in [3.63, 3.8) is 0 Å². The van der Waals surface area contributed by atoms with Crippen LogP contribution in [-0.4, -0.2) is 29.6 Å². The molecule has 0 spiro atoms. The number of carbonyl (C=O) groups is 1. The third kappa shape index (κ3) is 5.11. The Morgan fingerprint density at radius 2 is 2.05 bits per heavy atom. The lowest BCUT2D eigenvalue weighted by Crippen LogP contribution is -2.30. The molecule has 1 aromatic carbocycles. The highest BCUT2D eigenvalue weighted by atomic mass is 32.2. The number of nitrogens with two attached hydrogens (primary N) is 1. The molecule has 0 bridgehead atoms. The third-order valence-corrected chi connectivity index (χ3v) is 4.04. The minimum absolute atomic E-state index is 0.179. The number of hydrogen-bond donors (Lipinski definition) is 1. The van der Waals surface area contributed by atoms with Gasteiger partial charge in [-0.05, 0) is 44.2 Å². The zero-order valence-corrected chi connectivity index (χ0v) is 12.3. The first-order valence-electron chi connectivity index (χ1n) is 6.54. The zero-order valence-electron chi connectivity index (χ0n) is 11.5. The Morgan fingerprint density at radius 3 is 2.68 bits per heavy atom. The van der Waals surface area contributed by atoms with E-state index in [1.165, 1.54) is 23.9 Å². The molecule has 0 aliphatic carbocycles. The summed E-state index contributed by atoms with van der Waals surface area (Å²) < 4.78 is 13.1. The van der Waals surface area contributed by atoms with E-state index in [0.29, 0.717) is 12.1 Å². The molecule has 1 aromatic rings. The number of amides is 1. The van der Waals surface area contributed by atoms with E-state index in [4.69, 9.17) is 5.73 Å². The summed E-state index contributed by atoms with van der Waals surface area (Å²) in [5.74, 6) is 0.662. The average Bonchev–Trinajstić information content (AvgIpc) is 2.40. The number of anilines is 1. The summed E-state index contributed by atoms with van der Waals surface area (Å²) in [6, 6.07) is 4.36. The van der Waals surface area contributed by atoms with Crippen molar-refractivity contribution in [1.82, 2.24) is 4.90 Å². The Morgan fingerprint density at radius 1 is 1.37 bits per heavy atom. The van der Waals surface area contributed by atoms with Gasteiger partial charge in [-0.25, -0.2) is 4.39 Å². The average molecular weight is 284 g/mol. The van der Waals surface area contributed by atoms with Crippen LogP contribution in [0.5, 0.6) is 0 Å². The van der Waals surface area contributed by atoms with Gasteiger partial charge in [-0.3, -0.25) is 4.79 Å². The van der Waals surface area contributed by atoms with Crippen molar-refractivity contribution in [2.45, 2.75) is 31.6 Å². The van der Waals surface area contributed by atoms with Crippen molar-refractivity contribution < 1.29 is 9.18 Å². The number of carbonyl (C=O) groups excluding carboxylic acids is 1. The first-order valence-corrected chi connectivity index (χ1v) is 7.52. The summed E-state index contributed by atoms with van der Waals surface area (Å²) in [6.07, 6.45) is 1.31. The molecule has 19 heavy (non-hydrogen) atoms. The van der Waals surface area contributed by atoms with E-state index in [0.717, 1.165) is 30.2 Å². The number of hydrogen-bond acceptors (Lipinski definition) is 3.